The molecule has 0 saturated carbocycles. The van der Waals surface area contributed by atoms with Gasteiger partial charge in [0, 0.05) is 20.2 Å². The second kappa shape index (κ2) is 13.4. The highest BCUT2D eigenvalue weighted by Crippen LogP contribution is 2.19. The normalized spacial score (nSPS) is 12.9. The standard InChI is InChI=1S/C19H33N3O4/c1-5-20-19(21-10-11-25-13-12-24-4)22-14-18(23)16-6-8-17(9-7-16)26-15(2)3/h6-9,15,18,23H,5,10-14H2,1-4H3,(H2,20,21,22). The topological polar surface area (TPSA) is 84.3 Å². The predicted molar refractivity (Wildman–Crippen MR) is 104 cm³/mol. The van der Waals surface area contributed by atoms with Gasteiger partial charge < -0.3 is 30.0 Å². The van der Waals surface area contributed by atoms with Crippen molar-refractivity contribution in [2.24, 2.45) is 4.99 Å². The largest absolute Gasteiger partial charge is 0.491 e. The molecule has 3 N–H and O–H groups in total. The molecule has 7 nitrogen and oxygen atoms in total. The summed E-state index contributed by atoms with van der Waals surface area (Å²) in [5.41, 5.74) is 0.809. The van der Waals surface area contributed by atoms with Crippen LogP contribution in [0.1, 0.15) is 32.4 Å². The van der Waals surface area contributed by atoms with E-state index in [1.807, 2.05) is 45.0 Å². The number of methoxy groups -OCH3 is 1. The van der Waals surface area contributed by atoms with E-state index in [1.54, 1.807) is 7.11 Å². The van der Waals surface area contributed by atoms with Crippen LogP contribution in [-0.4, -0.2) is 63.7 Å². The minimum Gasteiger partial charge on any atom is -0.491 e. The van der Waals surface area contributed by atoms with Crippen LogP contribution in [-0.2, 0) is 9.47 Å². The zero-order valence-corrected chi connectivity index (χ0v) is 16.3. The maximum Gasteiger partial charge on any atom is 0.191 e. The Bertz CT molecular complexity index is 506. The molecule has 0 amide bonds. The van der Waals surface area contributed by atoms with E-state index in [1.165, 1.54) is 0 Å². The Morgan fingerprint density at radius 2 is 1.85 bits per heavy atom. The van der Waals surface area contributed by atoms with Gasteiger partial charge in [0.2, 0.25) is 0 Å². The quantitative estimate of drug-likeness (QED) is 0.296. The third-order valence-corrected chi connectivity index (χ3v) is 3.37. The average molecular weight is 367 g/mol. The number of ether oxygens (including phenoxy) is 3. The fourth-order valence-electron chi connectivity index (χ4n) is 2.15. The summed E-state index contributed by atoms with van der Waals surface area (Å²) in [5.74, 6) is 1.45. The summed E-state index contributed by atoms with van der Waals surface area (Å²) >= 11 is 0. The lowest BCUT2D eigenvalue weighted by Crippen LogP contribution is -2.39. The number of nitrogens with zero attached hydrogens (tertiary/aromatic N) is 1. The summed E-state index contributed by atoms with van der Waals surface area (Å²) in [4.78, 5) is 4.43. The van der Waals surface area contributed by atoms with Gasteiger partial charge in [-0.15, -0.1) is 0 Å². The molecule has 0 aromatic heterocycles. The van der Waals surface area contributed by atoms with Crippen LogP contribution in [0.5, 0.6) is 5.75 Å². The second-order valence-electron chi connectivity index (χ2n) is 6.00. The number of benzene rings is 1. The van der Waals surface area contributed by atoms with E-state index in [0.717, 1.165) is 17.9 Å². The summed E-state index contributed by atoms with van der Waals surface area (Å²) < 4.78 is 15.9. The van der Waals surface area contributed by atoms with Crippen LogP contribution in [0.25, 0.3) is 0 Å². The summed E-state index contributed by atoms with van der Waals surface area (Å²) in [6.07, 6.45) is -0.542. The van der Waals surface area contributed by atoms with Crippen molar-refractivity contribution in [3.63, 3.8) is 0 Å². The molecule has 0 bridgehead atoms. The van der Waals surface area contributed by atoms with Crippen LogP contribution in [0.15, 0.2) is 29.3 Å². The van der Waals surface area contributed by atoms with E-state index in [9.17, 15) is 5.11 Å². The van der Waals surface area contributed by atoms with Gasteiger partial charge in [-0.1, -0.05) is 12.1 Å². The van der Waals surface area contributed by atoms with E-state index in [2.05, 4.69) is 15.6 Å². The molecule has 0 aliphatic rings. The first-order valence-electron chi connectivity index (χ1n) is 9.10. The van der Waals surface area contributed by atoms with Gasteiger partial charge in [0.1, 0.15) is 5.75 Å². The van der Waals surface area contributed by atoms with Gasteiger partial charge in [-0.25, -0.2) is 0 Å². The predicted octanol–water partition coefficient (Wildman–Crippen LogP) is 1.73. The number of aliphatic imine (C=N–C) groups is 1. The van der Waals surface area contributed by atoms with Crippen molar-refractivity contribution in [2.75, 3.05) is 46.6 Å². The zero-order chi connectivity index (χ0) is 19.2. The fourth-order valence-corrected chi connectivity index (χ4v) is 2.15. The first-order chi connectivity index (χ1) is 12.6. The van der Waals surface area contributed by atoms with Gasteiger partial charge in [0.05, 0.1) is 38.6 Å². The van der Waals surface area contributed by atoms with Crippen LogP contribution < -0.4 is 15.4 Å². The van der Waals surface area contributed by atoms with Gasteiger partial charge >= 0.3 is 0 Å². The molecule has 1 aromatic rings. The smallest absolute Gasteiger partial charge is 0.191 e. The third-order valence-electron chi connectivity index (χ3n) is 3.37. The Balaban J connectivity index is 2.46. The highest BCUT2D eigenvalue weighted by Gasteiger charge is 2.08. The van der Waals surface area contributed by atoms with Crippen molar-refractivity contribution >= 4 is 5.96 Å². The van der Waals surface area contributed by atoms with Gasteiger partial charge in [-0.3, -0.25) is 4.99 Å². The van der Waals surface area contributed by atoms with Gasteiger partial charge in [0.15, 0.2) is 5.96 Å². The van der Waals surface area contributed by atoms with Crippen molar-refractivity contribution in [3.8, 4) is 5.75 Å². The molecule has 7 heteroatoms. The number of rotatable bonds is 12. The number of aliphatic hydroxyl groups excluding tert-OH is 1. The molecule has 1 rings (SSSR count). The van der Waals surface area contributed by atoms with Crippen LogP contribution in [0.2, 0.25) is 0 Å². The van der Waals surface area contributed by atoms with E-state index < -0.39 is 6.10 Å². The van der Waals surface area contributed by atoms with Crippen molar-refractivity contribution in [1.82, 2.24) is 10.6 Å². The first-order valence-corrected chi connectivity index (χ1v) is 9.10. The lowest BCUT2D eigenvalue weighted by molar-refractivity contribution is 0.0733. The van der Waals surface area contributed by atoms with Crippen molar-refractivity contribution in [1.29, 1.82) is 0 Å². The minimum absolute atomic E-state index is 0.127. The highest BCUT2D eigenvalue weighted by molar-refractivity contribution is 5.79. The number of guanidine groups is 1. The van der Waals surface area contributed by atoms with E-state index in [4.69, 9.17) is 14.2 Å². The third kappa shape index (κ3) is 9.60. The second-order valence-corrected chi connectivity index (χ2v) is 6.00. The Labute approximate surface area is 156 Å². The molecule has 148 valence electrons. The number of nitrogens with one attached hydrogen (secondary N) is 2. The molecule has 0 radical (unpaired) electrons. The van der Waals surface area contributed by atoms with E-state index in [-0.39, 0.29) is 12.6 Å². The average Bonchev–Trinajstić information content (AvgIpc) is 2.62. The van der Waals surface area contributed by atoms with Crippen molar-refractivity contribution < 1.29 is 19.3 Å². The lowest BCUT2D eigenvalue weighted by atomic mass is 10.1. The fraction of sp³-hybridized carbons (Fsp3) is 0.632. The van der Waals surface area contributed by atoms with E-state index >= 15 is 0 Å². The van der Waals surface area contributed by atoms with Crippen molar-refractivity contribution in [2.45, 2.75) is 33.0 Å². The Hall–Kier alpha value is -1.83. The van der Waals surface area contributed by atoms with E-state index in [0.29, 0.717) is 32.3 Å². The maximum absolute atomic E-state index is 10.3. The van der Waals surface area contributed by atoms with Crippen LogP contribution >= 0.6 is 0 Å². The summed E-state index contributed by atoms with van der Waals surface area (Å²) in [7, 11) is 1.65. The first kappa shape index (κ1) is 22.2. The number of hydrogen-bond acceptors (Lipinski definition) is 5. The lowest BCUT2D eigenvalue weighted by Gasteiger charge is -2.14. The van der Waals surface area contributed by atoms with Gasteiger partial charge in [-0.05, 0) is 38.5 Å². The summed E-state index contributed by atoms with van der Waals surface area (Å²) in [6, 6.07) is 7.45. The van der Waals surface area contributed by atoms with Crippen molar-refractivity contribution in [3.05, 3.63) is 29.8 Å². The molecule has 0 fully saturated rings. The summed E-state index contributed by atoms with van der Waals surface area (Å²) in [5, 5.41) is 16.7. The molecule has 0 aliphatic carbocycles. The van der Waals surface area contributed by atoms with Crippen LogP contribution in [0, 0.1) is 0 Å². The number of aliphatic hydroxyl groups is 1. The molecule has 0 heterocycles. The SMILES string of the molecule is CCNC(=NCC(O)c1ccc(OC(C)C)cc1)NCCOCCOC. The van der Waals surface area contributed by atoms with Gasteiger partial charge in [0.25, 0.3) is 0 Å². The maximum atomic E-state index is 10.3. The molecule has 1 atom stereocenters. The molecule has 0 spiro atoms. The Kier molecular flexibility index (Phi) is 11.4. The van der Waals surface area contributed by atoms with Crippen LogP contribution in [0.4, 0.5) is 0 Å². The monoisotopic (exact) mass is 367 g/mol. The summed E-state index contributed by atoms with van der Waals surface area (Å²) in [6.45, 7) is 9.32. The molecular formula is C19H33N3O4. The minimum atomic E-state index is -0.670. The highest BCUT2D eigenvalue weighted by atomic mass is 16.5. The molecule has 1 aromatic carbocycles. The molecular weight excluding hydrogens is 334 g/mol. The molecule has 1 unspecified atom stereocenters. The number of hydrogen-bond donors (Lipinski definition) is 3. The zero-order valence-electron chi connectivity index (χ0n) is 16.3. The van der Waals surface area contributed by atoms with Crippen LogP contribution in [0.3, 0.4) is 0 Å². The van der Waals surface area contributed by atoms with Gasteiger partial charge in [-0.2, -0.15) is 0 Å². The Morgan fingerprint density at radius 1 is 1.12 bits per heavy atom. The molecule has 26 heavy (non-hydrogen) atoms. The molecule has 0 aliphatic heterocycles. The Morgan fingerprint density at radius 3 is 2.46 bits per heavy atom. The molecule has 0 saturated heterocycles.